The van der Waals surface area contributed by atoms with Crippen molar-refractivity contribution in [2.24, 2.45) is 14.1 Å². The van der Waals surface area contributed by atoms with Gasteiger partial charge in [-0.25, -0.2) is 9.18 Å². The van der Waals surface area contributed by atoms with Crippen LogP contribution < -0.4 is 16.6 Å². The van der Waals surface area contributed by atoms with Gasteiger partial charge < -0.3 is 9.88 Å². The maximum absolute atomic E-state index is 14.0. The van der Waals surface area contributed by atoms with Gasteiger partial charge in [-0.3, -0.25) is 13.9 Å². The molecule has 0 aliphatic carbocycles. The number of aryl methyl sites for hydroxylation is 2. The highest BCUT2D eigenvalue weighted by atomic mass is 19.1. The Morgan fingerprint density at radius 3 is 2.38 bits per heavy atom. The predicted octanol–water partition coefficient (Wildman–Crippen LogP) is 2.23. The van der Waals surface area contributed by atoms with E-state index in [0.717, 1.165) is 10.1 Å². The Labute approximate surface area is 165 Å². The molecule has 0 saturated carbocycles. The molecule has 0 bridgehead atoms. The Morgan fingerprint density at radius 2 is 1.66 bits per heavy atom. The molecule has 0 radical (unpaired) electrons. The van der Waals surface area contributed by atoms with Crippen molar-refractivity contribution in [1.82, 2.24) is 18.7 Å². The molecular formula is C21H20FN5O2. The van der Waals surface area contributed by atoms with Crippen molar-refractivity contribution in [2.75, 3.05) is 5.32 Å². The largest absolute Gasteiger partial charge is 0.352 e. The van der Waals surface area contributed by atoms with E-state index < -0.39 is 17.1 Å². The summed E-state index contributed by atoms with van der Waals surface area (Å²) in [6, 6.07) is 15.9. The van der Waals surface area contributed by atoms with Gasteiger partial charge in [-0.1, -0.05) is 48.5 Å². The van der Waals surface area contributed by atoms with Crippen molar-refractivity contribution in [3.05, 3.63) is 92.4 Å². The van der Waals surface area contributed by atoms with E-state index in [4.69, 9.17) is 0 Å². The van der Waals surface area contributed by atoms with Crippen molar-refractivity contribution < 1.29 is 4.39 Å². The first-order chi connectivity index (χ1) is 14.0. The molecule has 8 heteroatoms. The van der Waals surface area contributed by atoms with Crippen molar-refractivity contribution >= 4 is 17.1 Å². The Balaban J connectivity index is 1.78. The second kappa shape index (κ2) is 7.38. The van der Waals surface area contributed by atoms with Gasteiger partial charge in [0.05, 0.1) is 6.54 Å². The molecule has 2 heterocycles. The van der Waals surface area contributed by atoms with E-state index in [1.165, 1.54) is 10.6 Å². The summed E-state index contributed by atoms with van der Waals surface area (Å²) < 4.78 is 18.0. The van der Waals surface area contributed by atoms with Crippen LogP contribution in [0.2, 0.25) is 0 Å². The second-order valence-electron chi connectivity index (χ2n) is 6.83. The molecule has 4 aromatic rings. The Hall–Kier alpha value is -3.68. The van der Waals surface area contributed by atoms with Gasteiger partial charge in [0.1, 0.15) is 5.82 Å². The van der Waals surface area contributed by atoms with E-state index in [2.05, 4.69) is 10.3 Å². The van der Waals surface area contributed by atoms with E-state index in [1.807, 2.05) is 30.3 Å². The molecule has 7 nitrogen and oxygen atoms in total. The Kier molecular flexibility index (Phi) is 4.75. The summed E-state index contributed by atoms with van der Waals surface area (Å²) in [6.45, 7) is 0.376. The molecule has 1 N–H and O–H groups in total. The molecule has 29 heavy (non-hydrogen) atoms. The van der Waals surface area contributed by atoms with Crippen LogP contribution in [0.1, 0.15) is 11.1 Å². The van der Waals surface area contributed by atoms with Crippen LogP contribution >= 0.6 is 0 Å². The quantitative estimate of drug-likeness (QED) is 0.564. The van der Waals surface area contributed by atoms with E-state index in [0.29, 0.717) is 12.5 Å². The van der Waals surface area contributed by atoms with Crippen LogP contribution in [0.5, 0.6) is 0 Å². The molecule has 0 atom stereocenters. The van der Waals surface area contributed by atoms with Crippen molar-refractivity contribution in [2.45, 2.75) is 13.1 Å². The molecular weight excluding hydrogens is 373 g/mol. The van der Waals surface area contributed by atoms with Crippen molar-refractivity contribution in [1.29, 1.82) is 0 Å². The van der Waals surface area contributed by atoms with Crippen LogP contribution in [-0.2, 0) is 27.2 Å². The summed E-state index contributed by atoms with van der Waals surface area (Å²) in [7, 11) is 3.26. The molecule has 148 valence electrons. The summed E-state index contributed by atoms with van der Waals surface area (Å²) in [4.78, 5) is 30.3. The standard InChI is InChI=1S/C21H20FN5O2/c1-25-17-18(24-20(25)23-12-14-8-4-3-5-9-14)26(2)21(29)27(19(17)28)13-15-10-6-7-11-16(15)22/h3-11H,12-13H2,1-2H3,(H,23,24). The maximum Gasteiger partial charge on any atom is 0.332 e. The minimum Gasteiger partial charge on any atom is -0.352 e. The number of rotatable bonds is 5. The summed E-state index contributed by atoms with van der Waals surface area (Å²) >= 11 is 0. The van der Waals surface area contributed by atoms with Crippen LogP contribution in [0.25, 0.3) is 11.2 Å². The average Bonchev–Trinajstić information content (AvgIpc) is 3.06. The molecule has 0 amide bonds. The number of benzene rings is 2. The average molecular weight is 393 g/mol. The number of hydrogen-bond acceptors (Lipinski definition) is 4. The minimum atomic E-state index is -0.543. The lowest BCUT2D eigenvalue weighted by Gasteiger charge is -2.09. The predicted molar refractivity (Wildman–Crippen MR) is 109 cm³/mol. The first-order valence-corrected chi connectivity index (χ1v) is 9.15. The third-order valence-electron chi connectivity index (χ3n) is 4.94. The zero-order valence-electron chi connectivity index (χ0n) is 16.1. The van der Waals surface area contributed by atoms with Gasteiger partial charge in [-0.15, -0.1) is 0 Å². The maximum atomic E-state index is 14.0. The SMILES string of the molecule is Cn1c(NCc2ccccc2)nc2c1c(=O)n(Cc1ccccc1F)c(=O)n2C. The van der Waals surface area contributed by atoms with Crippen LogP contribution in [0.3, 0.4) is 0 Å². The third kappa shape index (κ3) is 3.33. The van der Waals surface area contributed by atoms with Gasteiger partial charge >= 0.3 is 5.69 Å². The fraction of sp³-hybridized carbons (Fsp3) is 0.190. The van der Waals surface area contributed by atoms with E-state index in [1.54, 1.807) is 36.9 Å². The highest BCUT2D eigenvalue weighted by molar-refractivity contribution is 5.74. The van der Waals surface area contributed by atoms with Crippen LogP contribution in [0.15, 0.2) is 64.2 Å². The van der Waals surface area contributed by atoms with Gasteiger partial charge in [0.25, 0.3) is 5.56 Å². The summed E-state index contributed by atoms with van der Waals surface area (Å²) in [5.74, 6) is 0.0105. The number of nitrogens with one attached hydrogen (secondary N) is 1. The number of fused-ring (bicyclic) bond motifs is 1. The zero-order chi connectivity index (χ0) is 20.5. The van der Waals surface area contributed by atoms with Gasteiger partial charge in [0, 0.05) is 26.2 Å². The Morgan fingerprint density at radius 1 is 0.966 bits per heavy atom. The summed E-state index contributed by atoms with van der Waals surface area (Å²) in [5, 5.41) is 3.20. The van der Waals surface area contributed by atoms with Gasteiger partial charge in [0.15, 0.2) is 11.2 Å². The molecule has 4 rings (SSSR count). The van der Waals surface area contributed by atoms with Crippen molar-refractivity contribution in [3.63, 3.8) is 0 Å². The van der Waals surface area contributed by atoms with E-state index in [9.17, 15) is 14.0 Å². The first kappa shape index (κ1) is 18.7. The minimum absolute atomic E-state index is 0.147. The van der Waals surface area contributed by atoms with Crippen LogP contribution in [-0.4, -0.2) is 18.7 Å². The molecule has 0 saturated heterocycles. The first-order valence-electron chi connectivity index (χ1n) is 9.15. The number of aromatic nitrogens is 4. The lowest BCUT2D eigenvalue weighted by atomic mass is 10.2. The fourth-order valence-electron chi connectivity index (χ4n) is 3.31. The van der Waals surface area contributed by atoms with E-state index >= 15 is 0 Å². The van der Waals surface area contributed by atoms with E-state index in [-0.39, 0.29) is 23.3 Å². The number of nitrogens with zero attached hydrogens (tertiary/aromatic N) is 4. The number of hydrogen-bond donors (Lipinski definition) is 1. The summed E-state index contributed by atoms with van der Waals surface area (Å²) in [5.41, 5.74) is 0.843. The van der Waals surface area contributed by atoms with Crippen LogP contribution in [0.4, 0.5) is 10.3 Å². The number of imidazole rings is 1. The molecule has 2 aromatic carbocycles. The molecule has 0 unspecified atom stereocenters. The summed E-state index contributed by atoms with van der Waals surface area (Å²) in [6.07, 6.45) is 0. The number of halogens is 1. The zero-order valence-corrected chi connectivity index (χ0v) is 16.1. The number of anilines is 1. The molecule has 0 aliphatic heterocycles. The lowest BCUT2D eigenvalue weighted by molar-refractivity contribution is 0.582. The molecule has 0 fully saturated rings. The van der Waals surface area contributed by atoms with Crippen molar-refractivity contribution in [3.8, 4) is 0 Å². The lowest BCUT2D eigenvalue weighted by Crippen LogP contribution is -2.40. The molecule has 2 aromatic heterocycles. The highest BCUT2D eigenvalue weighted by Crippen LogP contribution is 2.15. The van der Waals surface area contributed by atoms with Crippen LogP contribution in [0, 0.1) is 5.82 Å². The topological polar surface area (TPSA) is 73.8 Å². The third-order valence-corrected chi connectivity index (χ3v) is 4.94. The van der Waals surface area contributed by atoms with Gasteiger partial charge in [-0.05, 0) is 11.6 Å². The fourth-order valence-corrected chi connectivity index (χ4v) is 3.31. The monoisotopic (exact) mass is 393 g/mol. The van der Waals surface area contributed by atoms with Gasteiger partial charge in [-0.2, -0.15) is 4.98 Å². The normalized spacial score (nSPS) is 11.1. The molecule has 0 spiro atoms. The second-order valence-corrected chi connectivity index (χ2v) is 6.83. The van der Waals surface area contributed by atoms with Gasteiger partial charge in [0.2, 0.25) is 5.95 Å². The Bertz CT molecular complexity index is 1300. The smallest absolute Gasteiger partial charge is 0.332 e. The molecule has 0 aliphatic rings. The highest BCUT2D eigenvalue weighted by Gasteiger charge is 2.19.